The molecule has 3 amide bonds. The van der Waals surface area contributed by atoms with Gasteiger partial charge >= 0.3 is 6.03 Å². The quantitative estimate of drug-likeness (QED) is 0.694. The maximum atomic E-state index is 13.4. The summed E-state index contributed by atoms with van der Waals surface area (Å²) in [6.07, 6.45) is 4.15. The number of hydrogen-bond donors (Lipinski definition) is 2. The number of urea groups is 1. The van der Waals surface area contributed by atoms with E-state index in [9.17, 15) is 18.4 Å². The molecule has 2 saturated heterocycles. The van der Waals surface area contributed by atoms with E-state index in [1.165, 1.54) is 6.07 Å². The first kappa shape index (κ1) is 22.0. The summed E-state index contributed by atoms with van der Waals surface area (Å²) in [5.74, 6) is -1.38. The maximum absolute atomic E-state index is 13.4. The van der Waals surface area contributed by atoms with Crippen LogP contribution in [-0.2, 0) is 0 Å². The Hall–Kier alpha value is -3.16. The molecule has 0 unspecified atom stereocenters. The highest BCUT2D eigenvalue weighted by atomic mass is 19.2. The predicted octanol–water partition coefficient (Wildman–Crippen LogP) is 5.08. The van der Waals surface area contributed by atoms with E-state index >= 15 is 0 Å². The topological polar surface area (TPSA) is 64.7 Å². The van der Waals surface area contributed by atoms with Crippen molar-refractivity contribution in [2.24, 2.45) is 5.92 Å². The molecule has 0 aromatic heterocycles. The van der Waals surface area contributed by atoms with Crippen molar-refractivity contribution in [3.05, 3.63) is 53.6 Å². The summed E-state index contributed by atoms with van der Waals surface area (Å²) < 4.78 is 26.5. The van der Waals surface area contributed by atoms with Gasteiger partial charge in [0.2, 0.25) is 0 Å². The monoisotopic (exact) mass is 442 g/mol. The molecule has 2 aliphatic heterocycles. The van der Waals surface area contributed by atoms with Gasteiger partial charge < -0.3 is 20.4 Å². The number of nitrogens with one attached hydrogen (secondary N) is 2. The average Bonchev–Trinajstić information content (AvgIpc) is 3.31. The van der Waals surface area contributed by atoms with Gasteiger partial charge in [0.05, 0.1) is 5.56 Å². The van der Waals surface area contributed by atoms with E-state index in [0.29, 0.717) is 17.2 Å². The normalized spacial score (nSPS) is 16.8. The van der Waals surface area contributed by atoms with Crippen molar-refractivity contribution in [2.75, 3.05) is 41.7 Å². The van der Waals surface area contributed by atoms with Crippen LogP contribution in [-0.4, -0.2) is 43.0 Å². The van der Waals surface area contributed by atoms with Crippen LogP contribution in [0.1, 0.15) is 43.0 Å². The highest BCUT2D eigenvalue weighted by molar-refractivity contribution is 6.04. The van der Waals surface area contributed by atoms with Crippen LogP contribution in [0.25, 0.3) is 0 Å². The number of likely N-dealkylation sites (tertiary alicyclic amines) is 1. The van der Waals surface area contributed by atoms with E-state index in [0.717, 1.165) is 69.7 Å². The molecule has 2 aromatic rings. The Labute approximate surface area is 186 Å². The second-order valence-electron chi connectivity index (χ2n) is 8.61. The van der Waals surface area contributed by atoms with Crippen LogP contribution >= 0.6 is 0 Å². The summed E-state index contributed by atoms with van der Waals surface area (Å²) >= 11 is 0. The van der Waals surface area contributed by atoms with E-state index in [4.69, 9.17) is 0 Å². The van der Waals surface area contributed by atoms with Crippen LogP contribution < -0.4 is 15.5 Å². The van der Waals surface area contributed by atoms with E-state index < -0.39 is 17.7 Å². The third kappa shape index (κ3) is 5.00. The molecule has 2 fully saturated rings. The second-order valence-corrected chi connectivity index (χ2v) is 8.61. The molecule has 0 spiro atoms. The molecule has 0 aliphatic carbocycles. The van der Waals surface area contributed by atoms with Gasteiger partial charge in [-0.1, -0.05) is 6.92 Å². The minimum absolute atomic E-state index is 0.0271. The molecule has 0 bridgehead atoms. The van der Waals surface area contributed by atoms with Crippen LogP contribution in [0.3, 0.4) is 0 Å². The summed E-state index contributed by atoms with van der Waals surface area (Å²) in [7, 11) is 0. The number of rotatable bonds is 4. The summed E-state index contributed by atoms with van der Waals surface area (Å²) in [5.41, 5.74) is 2.06. The Morgan fingerprint density at radius 3 is 2.16 bits per heavy atom. The Kier molecular flexibility index (Phi) is 6.58. The molecule has 32 heavy (non-hydrogen) atoms. The zero-order valence-electron chi connectivity index (χ0n) is 18.2. The lowest BCUT2D eigenvalue weighted by Crippen LogP contribution is -2.35. The SMILES string of the molecule is CC1CCN(c2ccc(NC(=O)Nc3ccc(F)c(F)c3)cc2C(=O)N2CCCC2)CC1. The van der Waals surface area contributed by atoms with Crippen molar-refractivity contribution in [1.82, 2.24) is 4.90 Å². The van der Waals surface area contributed by atoms with Gasteiger partial charge in [-0.15, -0.1) is 0 Å². The van der Waals surface area contributed by atoms with E-state index in [1.807, 2.05) is 11.0 Å². The molecule has 2 aromatic carbocycles. The van der Waals surface area contributed by atoms with Crippen LogP contribution in [0, 0.1) is 17.6 Å². The Morgan fingerprint density at radius 1 is 0.875 bits per heavy atom. The Balaban J connectivity index is 1.54. The van der Waals surface area contributed by atoms with Crippen molar-refractivity contribution >= 4 is 29.0 Å². The predicted molar refractivity (Wildman–Crippen MR) is 121 cm³/mol. The van der Waals surface area contributed by atoms with Crippen molar-refractivity contribution in [3.8, 4) is 0 Å². The van der Waals surface area contributed by atoms with Gasteiger partial charge in [-0.2, -0.15) is 0 Å². The first-order valence-electron chi connectivity index (χ1n) is 11.1. The van der Waals surface area contributed by atoms with Crippen LogP contribution in [0.5, 0.6) is 0 Å². The molecule has 2 heterocycles. The lowest BCUT2D eigenvalue weighted by Gasteiger charge is -2.34. The Morgan fingerprint density at radius 2 is 1.50 bits per heavy atom. The third-order valence-corrected chi connectivity index (χ3v) is 6.18. The van der Waals surface area contributed by atoms with Crippen molar-refractivity contribution in [3.63, 3.8) is 0 Å². The molecule has 4 rings (SSSR count). The molecule has 2 N–H and O–H groups in total. The molecule has 6 nitrogen and oxygen atoms in total. The van der Waals surface area contributed by atoms with Gasteiger partial charge in [0.1, 0.15) is 0 Å². The van der Waals surface area contributed by atoms with Gasteiger partial charge in [-0.05, 0) is 61.9 Å². The number of hydrogen-bond acceptors (Lipinski definition) is 3. The first-order chi connectivity index (χ1) is 15.4. The maximum Gasteiger partial charge on any atom is 0.323 e. The van der Waals surface area contributed by atoms with E-state index in [-0.39, 0.29) is 11.6 Å². The molecule has 0 saturated carbocycles. The number of carbonyl (C=O) groups is 2. The third-order valence-electron chi connectivity index (χ3n) is 6.18. The fraction of sp³-hybridized carbons (Fsp3) is 0.417. The molecule has 170 valence electrons. The van der Waals surface area contributed by atoms with Crippen LogP contribution in [0.2, 0.25) is 0 Å². The number of amides is 3. The van der Waals surface area contributed by atoms with Crippen LogP contribution in [0.4, 0.5) is 30.6 Å². The molecule has 2 aliphatic rings. The number of benzene rings is 2. The lowest BCUT2D eigenvalue weighted by atomic mass is 9.97. The van der Waals surface area contributed by atoms with Gasteiger partial charge in [-0.3, -0.25) is 4.79 Å². The van der Waals surface area contributed by atoms with Gasteiger partial charge in [-0.25, -0.2) is 13.6 Å². The number of halogens is 2. The van der Waals surface area contributed by atoms with E-state index in [2.05, 4.69) is 22.5 Å². The second kappa shape index (κ2) is 9.54. The van der Waals surface area contributed by atoms with E-state index in [1.54, 1.807) is 12.1 Å². The summed E-state index contributed by atoms with van der Waals surface area (Å²) in [5, 5.41) is 5.17. The van der Waals surface area contributed by atoms with Gasteiger partial charge in [0.15, 0.2) is 11.6 Å². The fourth-order valence-corrected chi connectivity index (χ4v) is 4.27. The molecular formula is C24H28F2N4O2. The average molecular weight is 443 g/mol. The number of anilines is 3. The minimum atomic E-state index is -1.04. The van der Waals surface area contributed by atoms with Crippen molar-refractivity contribution in [1.29, 1.82) is 0 Å². The zero-order chi connectivity index (χ0) is 22.7. The standard InChI is InChI=1S/C24H28F2N4O2/c1-16-8-12-29(13-9-16)22-7-5-17(14-19(22)23(31)30-10-2-3-11-30)27-24(32)28-18-4-6-20(25)21(26)15-18/h4-7,14-16H,2-3,8-13H2,1H3,(H2,27,28,32). The van der Waals surface area contributed by atoms with Crippen molar-refractivity contribution < 1.29 is 18.4 Å². The highest BCUT2D eigenvalue weighted by Crippen LogP contribution is 2.30. The Bertz CT molecular complexity index is 999. The lowest BCUT2D eigenvalue weighted by molar-refractivity contribution is 0.0793. The first-order valence-corrected chi connectivity index (χ1v) is 11.1. The van der Waals surface area contributed by atoms with Crippen LogP contribution in [0.15, 0.2) is 36.4 Å². The fourth-order valence-electron chi connectivity index (χ4n) is 4.27. The molecule has 0 atom stereocenters. The van der Waals surface area contributed by atoms with Crippen molar-refractivity contribution in [2.45, 2.75) is 32.6 Å². The number of nitrogens with zero attached hydrogens (tertiary/aromatic N) is 2. The smallest absolute Gasteiger partial charge is 0.323 e. The number of piperidine rings is 1. The molecular weight excluding hydrogens is 414 g/mol. The largest absolute Gasteiger partial charge is 0.371 e. The summed E-state index contributed by atoms with van der Waals surface area (Å²) in [4.78, 5) is 29.8. The zero-order valence-corrected chi connectivity index (χ0v) is 18.2. The molecule has 0 radical (unpaired) electrons. The highest BCUT2D eigenvalue weighted by Gasteiger charge is 2.26. The molecule has 8 heteroatoms. The van der Waals surface area contributed by atoms with Gasteiger partial charge in [0, 0.05) is 49.3 Å². The minimum Gasteiger partial charge on any atom is -0.371 e. The number of carbonyl (C=O) groups excluding carboxylic acids is 2. The van der Waals surface area contributed by atoms with Gasteiger partial charge in [0.25, 0.3) is 5.91 Å². The summed E-state index contributed by atoms with van der Waals surface area (Å²) in [6.45, 7) is 5.51. The summed E-state index contributed by atoms with van der Waals surface area (Å²) in [6, 6.07) is 7.89.